The Labute approximate surface area is 105 Å². The second-order valence-corrected chi connectivity index (χ2v) is 4.74. The van der Waals surface area contributed by atoms with Crippen LogP contribution in [0.4, 0.5) is 0 Å². The molecule has 0 aromatic heterocycles. The molecule has 6 heteroatoms. The number of carbonyl (C=O) groups is 1. The zero-order valence-corrected chi connectivity index (χ0v) is 10.3. The highest BCUT2D eigenvalue weighted by Crippen LogP contribution is 2.36. The van der Waals surface area contributed by atoms with E-state index in [-0.39, 0.29) is 18.9 Å². The van der Waals surface area contributed by atoms with Crippen molar-refractivity contribution in [2.24, 2.45) is 0 Å². The van der Waals surface area contributed by atoms with Crippen LogP contribution in [-0.2, 0) is 14.3 Å². The fourth-order valence-corrected chi connectivity index (χ4v) is 2.19. The Morgan fingerprint density at radius 2 is 2.28 bits per heavy atom. The Hall–Kier alpha value is -1.13. The van der Waals surface area contributed by atoms with Crippen molar-refractivity contribution in [2.75, 3.05) is 6.61 Å². The molecule has 0 saturated carbocycles. The van der Waals surface area contributed by atoms with E-state index in [1.54, 1.807) is 13.8 Å². The van der Waals surface area contributed by atoms with Gasteiger partial charge < -0.3 is 25.0 Å². The fourth-order valence-electron chi connectivity index (χ4n) is 2.19. The van der Waals surface area contributed by atoms with Gasteiger partial charge in [0.2, 0.25) is 5.91 Å². The number of hydrogen-bond acceptors (Lipinski definition) is 5. The van der Waals surface area contributed by atoms with Crippen molar-refractivity contribution in [3.05, 3.63) is 0 Å². The van der Waals surface area contributed by atoms with Gasteiger partial charge in [0, 0.05) is 0 Å². The van der Waals surface area contributed by atoms with Crippen molar-refractivity contribution in [1.82, 2.24) is 5.32 Å². The van der Waals surface area contributed by atoms with E-state index in [9.17, 15) is 15.0 Å². The number of fused-ring (bicyclic) bond motifs is 2. The average Bonchev–Trinajstić information content (AvgIpc) is 2.71. The first-order valence-electron chi connectivity index (χ1n) is 5.82. The maximum Gasteiger partial charge on any atom is 0.232 e. The third kappa shape index (κ3) is 2.22. The third-order valence-corrected chi connectivity index (χ3v) is 3.28. The average molecular weight is 255 g/mol. The van der Waals surface area contributed by atoms with Crippen molar-refractivity contribution >= 4 is 5.91 Å². The van der Waals surface area contributed by atoms with Crippen LogP contribution in [-0.4, -0.2) is 52.9 Å². The van der Waals surface area contributed by atoms with Gasteiger partial charge in [0.25, 0.3) is 0 Å². The van der Waals surface area contributed by atoms with Gasteiger partial charge in [-0.25, -0.2) is 0 Å². The molecule has 2 aliphatic rings. The molecular formula is C12H17NO5. The van der Waals surface area contributed by atoms with Crippen molar-refractivity contribution in [3.63, 3.8) is 0 Å². The minimum absolute atomic E-state index is 0.0415. The van der Waals surface area contributed by atoms with Crippen molar-refractivity contribution in [3.8, 4) is 11.8 Å². The van der Waals surface area contributed by atoms with Gasteiger partial charge in [-0.3, -0.25) is 4.79 Å². The quantitative estimate of drug-likeness (QED) is 0.537. The van der Waals surface area contributed by atoms with E-state index in [1.165, 1.54) is 0 Å². The molecule has 0 aromatic rings. The molecule has 100 valence electrons. The fraction of sp³-hybridized carbons (Fsp3) is 0.750. The molecule has 0 unspecified atom stereocenters. The van der Waals surface area contributed by atoms with E-state index in [0.29, 0.717) is 0 Å². The van der Waals surface area contributed by atoms with E-state index in [0.717, 1.165) is 0 Å². The number of aliphatic hydroxyl groups excluding tert-OH is 2. The zero-order valence-electron chi connectivity index (χ0n) is 10.3. The highest BCUT2D eigenvalue weighted by Gasteiger charge is 2.56. The Bertz CT molecular complexity index is 401. The topological polar surface area (TPSA) is 88.0 Å². The number of carbonyl (C=O) groups excluding carboxylic acids is 1. The molecule has 2 saturated heterocycles. The molecule has 0 aromatic carbocycles. The molecule has 1 amide bonds. The van der Waals surface area contributed by atoms with Crippen LogP contribution < -0.4 is 5.32 Å². The molecular weight excluding hydrogens is 238 g/mol. The van der Waals surface area contributed by atoms with E-state index in [2.05, 4.69) is 17.2 Å². The second kappa shape index (κ2) is 4.86. The Morgan fingerprint density at radius 1 is 1.56 bits per heavy atom. The molecule has 2 heterocycles. The van der Waals surface area contributed by atoms with Crippen LogP contribution in [0.1, 0.15) is 20.3 Å². The third-order valence-electron chi connectivity index (χ3n) is 3.28. The van der Waals surface area contributed by atoms with Gasteiger partial charge in [0.15, 0.2) is 6.29 Å². The lowest BCUT2D eigenvalue weighted by Gasteiger charge is -2.41. The lowest BCUT2D eigenvalue weighted by atomic mass is 9.89. The van der Waals surface area contributed by atoms with Crippen molar-refractivity contribution < 1.29 is 24.5 Å². The minimum atomic E-state index is -1.12. The van der Waals surface area contributed by atoms with Gasteiger partial charge in [-0.2, -0.15) is 0 Å². The standard InChI is InChI=1S/C12H17NO5/c1-3-4-5-7(14)13-8-9(15)10(16)12(2)6-17-11(8)18-12/h8-11,15-16H,5-6H2,1-2H3,(H,13,14)/t8-,9+,10+,11-,12-/m0/s1. The Balaban J connectivity index is 2.04. The molecule has 5 atom stereocenters. The monoisotopic (exact) mass is 255 g/mol. The second-order valence-electron chi connectivity index (χ2n) is 4.74. The molecule has 0 spiro atoms. The van der Waals surface area contributed by atoms with Crippen molar-refractivity contribution in [2.45, 2.75) is 50.4 Å². The summed E-state index contributed by atoms with van der Waals surface area (Å²) in [5, 5.41) is 22.5. The summed E-state index contributed by atoms with van der Waals surface area (Å²) in [5.74, 6) is 4.91. The largest absolute Gasteiger partial charge is 0.388 e. The smallest absolute Gasteiger partial charge is 0.232 e. The lowest BCUT2D eigenvalue weighted by Crippen LogP contribution is -2.64. The van der Waals surface area contributed by atoms with Gasteiger partial charge in [0.1, 0.15) is 23.9 Å². The highest BCUT2D eigenvalue weighted by molar-refractivity contribution is 5.78. The maximum absolute atomic E-state index is 11.6. The summed E-state index contributed by atoms with van der Waals surface area (Å²) in [6.45, 7) is 3.50. The Kier molecular flexibility index (Phi) is 3.59. The number of ether oxygens (including phenoxy) is 2. The van der Waals surface area contributed by atoms with E-state index >= 15 is 0 Å². The first-order chi connectivity index (χ1) is 8.48. The lowest BCUT2D eigenvalue weighted by molar-refractivity contribution is -0.218. The predicted molar refractivity (Wildman–Crippen MR) is 61.2 cm³/mol. The number of aliphatic hydroxyl groups is 2. The van der Waals surface area contributed by atoms with Gasteiger partial charge in [-0.15, -0.1) is 5.92 Å². The highest BCUT2D eigenvalue weighted by atomic mass is 16.7. The summed E-state index contributed by atoms with van der Waals surface area (Å²) in [5.41, 5.74) is -0.908. The minimum Gasteiger partial charge on any atom is -0.388 e. The van der Waals surface area contributed by atoms with Gasteiger partial charge in [-0.05, 0) is 13.8 Å². The van der Waals surface area contributed by atoms with Crippen LogP contribution in [0.2, 0.25) is 0 Å². The summed E-state index contributed by atoms with van der Waals surface area (Å²) >= 11 is 0. The number of rotatable bonds is 2. The molecule has 18 heavy (non-hydrogen) atoms. The number of amides is 1. The number of hydrogen-bond donors (Lipinski definition) is 3. The summed E-state index contributed by atoms with van der Waals surface area (Å²) in [6.07, 6.45) is -2.90. The summed E-state index contributed by atoms with van der Waals surface area (Å²) in [7, 11) is 0. The van der Waals surface area contributed by atoms with Crippen LogP contribution in [0.3, 0.4) is 0 Å². The molecule has 0 radical (unpaired) electrons. The maximum atomic E-state index is 11.6. The molecule has 2 rings (SSSR count). The predicted octanol–water partition coefficient (Wildman–Crippen LogP) is -1.25. The van der Waals surface area contributed by atoms with E-state index < -0.39 is 30.1 Å². The van der Waals surface area contributed by atoms with Gasteiger partial charge in [-0.1, -0.05) is 5.92 Å². The SMILES string of the molecule is CC#CCC(=O)N[C@@H]1[C@H]2OC[C@](C)(O2)[C@H](O)[C@@H]1O. The van der Waals surface area contributed by atoms with Gasteiger partial charge >= 0.3 is 0 Å². The summed E-state index contributed by atoms with van der Waals surface area (Å²) in [6, 6.07) is -0.776. The van der Waals surface area contributed by atoms with Crippen LogP contribution in [0.15, 0.2) is 0 Å². The number of nitrogens with one attached hydrogen (secondary N) is 1. The molecule has 0 aliphatic carbocycles. The normalized spacial score (nSPS) is 42.0. The molecule has 6 nitrogen and oxygen atoms in total. The summed E-state index contributed by atoms with van der Waals surface area (Å²) in [4.78, 5) is 11.6. The van der Waals surface area contributed by atoms with Crippen LogP contribution in [0.5, 0.6) is 0 Å². The first kappa shape index (κ1) is 13.3. The Morgan fingerprint density at radius 3 is 2.94 bits per heavy atom. The van der Waals surface area contributed by atoms with Crippen molar-refractivity contribution in [1.29, 1.82) is 0 Å². The van der Waals surface area contributed by atoms with Crippen LogP contribution in [0.25, 0.3) is 0 Å². The van der Waals surface area contributed by atoms with Crippen LogP contribution >= 0.6 is 0 Å². The molecule has 2 fully saturated rings. The zero-order chi connectivity index (χ0) is 13.3. The first-order valence-corrected chi connectivity index (χ1v) is 5.82. The van der Waals surface area contributed by atoms with Gasteiger partial charge in [0.05, 0.1) is 13.0 Å². The van der Waals surface area contributed by atoms with Crippen LogP contribution in [0, 0.1) is 11.8 Å². The molecule has 2 aliphatic heterocycles. The molecule has 2 bridgehead atoms. The van der Waals surface area contributed by atoms with E-state index in [1.807, 2.05) is 0 Å². The van der Waals surface area contributed by atoms with E-state index in [4.69, 9.17) is 9.47 Å². The molecule has 3 N–H and O–H groups in total. The summed E-state index contributed by atoms with van der Waals surface area (Å²) < 4.78 is 10.8.